The number of carbonyl (C=O) groups is 2. The van der Waals surface area contributed by atoms with Crippen molar-refractivity contribution in [3.63, 3.8) is 0 Å². The second kappa shape index (κ2) is 13.4. The van der Waals surface area contributed by atoms with E-state index in [-0.39, 0.29) is 18.2 Å². The number of anilines is 1. The Kier molecular flexibility index (Phi) is 10.3. The lowest BCUT2D eigenvalue weighted by atomic mass is 9.92. The van der Waals surface area contributed by atoms with Crippen LogP contribution in [0, 0.1) is 5.92 Å². The van der Waals surface area contributed by atoms with Crippen molar-refractivity contribution in [2.75, 3.05) is 30.6 Å². The molecule has 1 heterocycles. The topological polar surface area (TPSA) is 105 Å². The van der Waals surface area contributed by atoms with Crippen molar-refractivity contribution in [2.45, 2.75) is 52.0 Å². The number of rotatable bonds is 9. The molecule has 1 unspecified atom stereocenters. The van der Waals surface area contributed by atoms with Gasteiger partial charge in [0.25, 0.3) is 0 Å². The predicted molar refractivity (Wildman–Crippen MR) is 142 cm³/mol. The third-order valence-electron chi connectivity index (χ3n) is 6.20. The smallest absolute Gasteiger partial charge is 0.229 e. The maximum Gasteiger partial charge on any atom is 0.229 e. The summed E-state index contributed by atoms with van der Waals surface area (Å²) >= 11 is 0. The molecule has 2 aromatic carbocycles. The molecule has 2 aromatic rings. The Morgan fingerprint density at radius 1 is 1.03 bits per heavy atom. The van der Waals surface area contributed by atoms with Gasteiger partial charge in [0.15, 0.2) is 5.78 Å². The van der Waals surface area contributed by atoms with E-state index in [4.69, 9.17) is 4.74 Å². The van der Waals surface area contributed by atoms with E-state index in [1.807, 2.05) is 24.3 Å². The van der Waals surface area contributed by atoms with E-state index in [9.17, 15) is 18.0 Å². The van der Waals surface area contributed by atoms with Crippen LogP contribution in [0.4, 0.5) is 5.69 Å². The number of sulfonamides is 1. The maximum absolute atomic E-state index is 12.3. The number of ketones is 1. The minimum Gasteiger partial charge on any atom is -0.457 e. The fraction of sp³-hybridized carbons (Fsp3) is 0.481. The number of ether oxygens (including phenoxy) is 1. The molecule has 1 amide bonds. The average molecular weight is 516 g/mol. The van der Waals surface area contributed by atoms with Gasteiger partial charge in [0, 0.05) is 31.6 Å². The molecule has 1 aliphatic heterocycles. The van der Waals surface area contributed by atoms with Crippen molar-refractivity contribution in [1.29, 1.82) is 0 Å². The zero-order chi connectivity index (χ0) is 26.0. The van der Waals surface area contributed by atoms with Gasteiger partial charge >= 0.3 is 0 Å². The Morgan fingerprint density at radius 2 is 1.69 bits per heavy atom. The summed E-state index contributed by atoms with van der Waals surface area (Å²) in [5.74, 6) is 1.67. The Hall–Kier alpha value is -2.91. The van der Waals surface area contributed by atoms with Crippen LogP contribution in [0.5, 0.6) is 11.5 Å². The summed E-state index contributed by atoms with van der Waals surface area (Å²) in [7, 11) is -3.32. The van der Waals surface area contributed by atoms with E-state index in [1.54, 1.807) is 24.3 Å². The zero-order valence-electron chi connectivity index (χ0n) is 21.2. The largest absolute Gasteiger partial charge is 0.457 e. The lowest BCUT2D eigenvalue weighted by molar-refractivity contribution is -0.125. The van der Waals surface area contributed by atoms with Crippen molar-refractivity contribution in [2.24, 2.45) is 5.92 Å². The molecule has 8 nitrogen and oxygen atoms in total. The molecule has 0 bridgehead atoms. The van der Waals surface area contributed by atoms with Crippen LogP contribution >= 0.6 is 0 Å². The molecular weight excluding hydrogens is 478 g/mol. The molecule has 3 rings (SSSR count). The molecule has 1 fully saturated rings. The van der Waals surface area contributed by atoms with Crippen LogP contribution in [0.1, 0.15) is 51.0 Å². The second-order valence-corrected chi connectivity index (χ2v) is 11.2. The van der Waals surface area contributed by atoms with Gasteiger partial charge in [0.2, 0.25) is 15.9 Å². The number of nitrogens with zero attached hydrogens (tertiary/aromatic N) is 1. The molecule has 0 radical (unpaired) electrons. The molecule has 9 heteroatoms. The zero-order valence-corrected chi connectivity index (χ0v) is 22.0. The van der Waals surface area contributed by atoms with Crippen molar-refractivity contribution in [3.05, 3.63) is 54.1 Å². The Morgan fingerprint density at radius 3 is 2.33 bits per heavy atom. The highest BCUT2D eigenvalue weighted by atomic mass is 32.2. The SMILES string of the molecule is CCCCC1CCN(Cc2ccc(Oc3ccc(NS(C)(=O)=O)cc3)cc2)CCC(=O)NCC(=O)C1. The van der Waals surface area contributed by atoms with Crippen LogP contribution < -0.4 is 14.8 Å². The van der Waals surface area contributed by atoms with Crippen molar-refractivity contribution < 1.29 is 22.7 Å². The van der Waals surface area contributed by atoms with Crippen LogP contribution in [-0.2, 0) is 26.2 Å². The molecule has 36 heavy (non-hydrogen) atoms. The first-order valence-corrected chi connectivity index (χ1v) is 14.4. The first-order chi connectivity index (χ1) is 17.2. The lowest BCUT2D eigenvalue weighted by Gasteiger charge is -2.24. The van der Waals surface area contributed by atoms with E-state index in [1.165, 1.54) is 0 Å². The number of Topliss-reactive ketones (excluding diaryl/α,β-unsaturated/α-hetero) is 1. The number of amides is 1. The molecule has 0 aromatic heterocycles. The number of nitrogens with one attached hydrogen (secondary N) is 2. The first kappa shape index (κ1) is 27.7. The summed E-state index contributed by atoms with van der Waals surface area (Å²) in [5, 5.41) is 2.77. The summed E-state index contributed by atoms with van der Waals surface area (Å²) in [5.41, 5.74) is 1.59. The minimum atomic E-state index is -3.32. The molecule has 2 N–H and O–H groups in total. The maximum atomic E-state index is 12.3. The first-order valence-electron chi connectivity index (χ1n) is 12.6. The minimum absolute atomic E-state index is 0.0816. The standard InChI is InChI=1S/C27H37N3O5S/c1-3-4-5-21-14-16-30(17-15-27(32)28-19-24(31)18-21)20-22-6-10-25(11-7-22)35-26-12-8-23(9-13-26)29-36(2,33)34/h6-13,21,29H,3-5,14-20H2,1-2H3,(H,28,32). The highest BCUT2D eigenvalue weighted by Gasteiger charge is 2.19. The highest BCUT2D eigenvalue weighted by molar-refractivity contribution is 7.92. The van der Waals surface area contributed by atoms with Crippen molar-refractivity contribution in [3.8, 4) is 11.5 Å². The second-order valence-electron chi connectivity index (χ2n) is 9.49. The third kappa shape index (κ3) is 9.99. The van der Waals surface area contributed by atoms with Crippen LogP contribution in [0.2, 0.25) is 0 Å². The normalized spacial score (nSPS) is 18.2. The summed E-state index contributed by atoms with van der Waals surface area (Å²) in [6.07, 6.45) is 6.23. The fourth-order valence-corrected chi connectivity index (χ4v) is 4.84. The van der Waals surface area contributed by atoms with Gasteiger partial charge in [0.05, 0.1) is 12.8 Å². The van der Waals surface area contributed by atoms with Gasteiger partial charge in [-0.2, -0.15) is 0 Å². The fourth-order valence-electron chi connectivity index (χ4n) is 4.28. The molecule has 0 aliphatic carbocycles. The van der Waals surface area contributed by atoms with E-state index < -0.39 is 10.0 Å². The van der Waals surface area contributed by atoms with Gasteiger partial charge in [-0.05, 0) is 67.3 Å². The predicted octanol–water partition coefficient (Wildman–Crippen LogP) is 4.33. The van der Waals surface area contributed by atoms with E-state index in [0.29, 0.717) is 49.0 Å². The van der Waals surface area contributed by atoms with Gasteiger partial charge in [-0.1, -0.05) is 31.9 Å². The van der Waals surface area contributed by atoms with Gasteiger partial charge in [-0.3, -0.25) is 19.2 Å². The van der Waals surface area contributed by atoms with Crippen LogP contribution in [0.3, 0.4) is 0 Å². The third-order valence-corrected chi connectivity index (χ3v) is 6.80. The van der Waals surface area contributed by atoms with Crippen LogP contribution in [-0.4, -0.2) is 50.9 Å². The quantitative estimate of drug-likeness (QED) is 0.515. The van der Waals surface area contributed by atoms with Crippen molar-refractivity contribution in [1.82, 2.24) is 10.2 Å². The number of hydrogen-bond acceptors (Lipinski definition) is 6. The van der Waals surface area contributed by atoms with E-state index >= 15 is 0 Å². The summed E-state index contributed by atoms with van der Waals surface area (Å²) in [4.78, 5) is 26.7. The highest BCUT2D eigenvalue weighted by Crippen LogP contribution is 2.25. The Balaban J connectivity index is 1.60. The molecule has 1 saturated heterocycles. The summed E-state index contributed by atoms with van der Waals surface area (Å²) < 4.78 is 31.0. The monoisotopic (exact) mass is 515 g/mol. The van der Waals surface area contributed by atoms with Gasteiger partial charge in [-0.15, -0.1) is 0 Å². The Bertz CT molecular complexity index is 1100. The lowest BCUT2D eigenvalue weighted by Crippen LogP contribution is -2.32. The molecule has 1 aliphatic rings. The number of carbonyl (C=O) groups excluding carboxylic acids is 2. The summed E-state index contributed by atoms with van der Waals surface area (Å²) in [6, 6.07) is 14.5. The van der Waals surface area contributed by atoms with E-state index in [0.717, 1.165) is 44.0 Å². The van der Waals surface area contributed by atoms with Gasteiger partial charge < -0.3 is 10.1 Å². The van der Waals surface area contributed by atoms with Gasteiger partial charge in [0.1, 0.15) is 11.5 Å². The molecule has 0 spiro atoms. The molecular formula is C27H37N3O5S. The Labute approximate surface area is 214 Å². The number of benzene rings is 2. The van der Waals surface area contributed by atoms with Gasteiger partial charge in [-0.25, -0.2) is 8.42 Å². The van der Waals surface area contributed by atoms with E-state index in [2.05, 4.69) is 21.9 Å². The molecule has 0 saturated carbocycles. The van der Waals surface area contributed by atoms with Crippen LogP contribution in [0.25, 0.3) is 0 Å². The summed E-state index contributed by atoms with van der Waals surface area (Å²) in [6.45, 7) is 4.51. The number of hydrogen-bond donors (Lipinski definition) is 2. The molecule has 196 valence electrons. The average Bonchev–Trinajstić information content (AvgIpc) is 2.86. The molecule has 1 atom stereocenters. The van der Waals surface area contributed by atoms with Crippen LogP contribution in [0.15, 0.2) is 48.5 Å². The van der Waals surface area contributed by atoms with Crippen molar-refractivity contribution >= 4 is 27.4 Å². The number of unbranched alkanes of at least 4 members (excludes halogenated alkanes) is 1.